The Hall–Kier alpha value is 0.0838. The van der Waals surface area contributed by atoms with Gasteiger partial charge in [-0.3, -0.25) is 0 Å². The second-order valence-electron chi connectivity index (χ2n) is 12.0. The van der Waals surface area contributed by atoms with Gasteiger partial charge in [0.2, 0.25) is 0 Å². The van der Waals surface area contributed by atoms with Crippen molar-refractivity contribution in [3.05, 3.63) is 29.3 Å². The maximum atomic E-state index is 2.71. The molecule has 27 heavy (non-hydrogen) atoms. The zero-order valence-corrected chi connectivity index (χ0v) is 23.7. The van der Waals surface area contributed by atoms with Crippen molar-refractivity contribution in [3.8, 4) is 0 Å². The first-order chi connectivity index (χ1) is 11.9. The van der Waals surface area contributed by atoms with Crippen molar-refractivity contribution in [2.24, 2.45) is 0 Å². The van der Waals surface area contributed by atoms with Crippen molar-refractivity contribution < 1.29 is 0 Å². The normalized spacial score (nSPS) is 14.6. The number of hydrogen-bond donors (Lipinski definition) is 0. The SMILES string of the molecule is CC(C)c1cccc(C(C)C)c1P([Si](C)(C)C(C)(C)C)[Si](C)(C)C(C)(C)C. The van der Waals surface area contributed by atoms with Crippen LogP contribution in [0.1, 0.15) is 92.2 Å². The molecule has 0 nitrogen and oxygen atoms in total. The molecule has 0 spiro atoms. The number of rotatable bonds is 5. The molecule has 0 bridgehead atoms. The molecule has 3 heteroatoms. The Kier molecular flexibility index (Phi) is 7.51. The second kappa shape index (κ2) is 8.07. The van der Waals surface area contributed by atoms with Crippen LogP contribution in [-0.2, 0) is 0 Å². The van der Waals surface area contributed by atoms with Gasteiger partial charge in [-0.2, -0.15) is 0 Å². The minimum absolute atomic E-state index is 0.147. The third-order valence-electron chi connectivity index (χ3n) is 7.35. The largest absolute Gasteiger partial charge is 0.0975 e. The minimum atomic E-state index is -1.55. The fourth-order valence-electron chi connectivity index (χ4n) is 3.70. The summed E-state index contributed by atoms with van der Waals surface area (Å²) in [6.45, 7) is 35.6. The zero-order valence-electron chi connectivity index (χ0n) is 20.8. The minimum Gasteiger partial charge on any atom is -0.0975 e. The standard InChI is InChI=1S/C24H47PSi2/c1-18(2)20-16-15-17-21(19(3)4)22(20)25(26(11,12)23(5,6)7)27(13,14)24(8,9)10/h15-19H,1-14H3. The Morgan fingerprint density at radius 3 is 1.19 bits per heavy atom. The Labute approximate surface area is 174 Å². The van der Waals surface area contributed by atoms with Crippen LogP contribution in [0.3, 0.4) is 0 Å². The molecule has 0 aromatic heterocycles. The lowest BCUT2D eigenvalue weighted by Crippen LogP contribution is -2.51. The summed E-state index contributed by atoms with van der Waals surface area (Å²) in [6, 6.07) is 7.21. The summed E-state index contributed by atoms with van der Waals surface area (Å²) in [7, 11) is -3.24. The van der Waals surface area contributed by atoms with Crippen molar-refractivity contribution >= 4 is 27.8 Å². The van der Waals surface area contributed by atoms with Gasteiger partial charge in [0.15, 0.2) is 0 Å². The van der Waals surface area contributed by atoms with Crippen LogP contribution in [0.5, 0.6) is 0 Å². The number of hydrogen-bond acceptors (Lipinski definition) is 0. The highest BCUT2D eigenvalue weighted by atomic mass is 31.6. The van der Waals surface area contributed by atoms with Crippen molar-refractivity contribution in [2.75, 3.05) is 0 Å². The average molecular weight is 423 g/mol. The summed E-state index contributed by atoms with van der Waals surface area (Å²) in [6.07, 6.45) is 0. The van der Waals surface area contributed by atoms with E-state index in [9.17, 15) is 0 Å². The van der Waals surface area contributed by atoms with Crippen LogP contribution >= 0.6 is 7.02 Å². The molecule has 0 radical (unpaired) electrons. The van der Waals surface area contributed by atoms with Crippen LogP contribution in [0.25, 0.3) is 0 Å². The summed E-state index contributed by atoms with van der Waals surface area (Å²) in [5.41, 5.74) is 3.28. The van der Waals surface area contributed by atoms with E-state index in [4.69, 9.17) is 0 Å². The van der Waals surface area contributed by atoms with E-state index in [0.717, 1.165) is 0 Å². The molecule has 0 amide bonds. The van der Waals surface area contributed by atoms with Gasteiger partial charge in [-0.25, -0.2) is 0 Å². The summed E-state index contributed by atoms with van der Waals surface area (Å²) in [5.74, 6) is 1.19. The van der Waals surface area contributed by atoms with Gasteiger partial charge in [-0.15, -0.1) is 0 Å². The molecule has 0 saturated carbocycles. The van der Waals surface area contributed by atoms with E-state index < -0.39 is 15.5 Å². The van der Waals surface area contributed by atoms with Crippen molar-refractivity contribution in [1.29, 1.82) is 0 Å². The first kappa shape index (κ1) is 25.1. The molecule has 0 heterocycles. The van der Waals surface area contributed by atoms with E-state index in [-0.39, 0.29) is 7.02 Å². The van der Waals surface area contributed by atoms with Crippen LogP contribution in [0.15, 0.2) is 18.2 Å². The lowest BCUT2D eigenvalue weighted by atomic mass is 9.95. The lowest BCUT2D eigenvalue weighted by Gasteiger charge is -2.55. The molecular formula is C24H47PSi2. The van der Waals surface area contributed by atoms with E-state index in [1.54, 1.807) is 11.1 Å². The Bertz CT molecular complexity index is 591. The van der Waals surface area contributed by atoms with Crippen LogP contribution in [0.4, 0.5) is 0 Å². The highest BCUT2D eigenvalue weighted by molar-refractivity contribution is 8.23. The Morgan fingerprint density at radius 1 is 0.667 bits per heavy atom. The first-order valence-electron chi connectivity index (χ1n) is 10.8. The van der Waals surface area contributed by atoms with Crippen LogP contribution in [-0.4, -0.2) is 15.5 Å². The smallest absolute Gasteiger partial charge is 0.0813 e. The number of benzene rings is 1. The van der Waals surface area contributed by atoms with Gasteiger partial charge >= 0.3 is 0 Å². The monoisotopic (exact) mass is 422 g/mol. The van der Waals surface area contributed by atoms with E-state index in [1.807, 2.05) is 5.30 Å². The molecule has 0 unspecified atom stereocenters. The first-order valence-corrected chi connectivity index (χ1v) is 19.8. The Morgan fingerprint density at radius 2 is 0.963 bits per heavy atom. The molecule has 0 atom stereocenters. The maximum Gasteiger partial charge on any atom is 0.0813 e. The van der Waals surface area contributed by atoms with Gasteiger partial charge in [0.05, 0.1) is 15.5 Å². The molecule has 0 saturated heterocycles. The molecule has 0 N–H and O–H groups in total. The quantitative estimate of drug-likeness (QED) is 0.328. The van der Waals surface area contributed by atoms with Crippen molar-refractivity contribution in [3.63, 3.8) is 0 Å². The molecule has 156 valence electrons. The molecule has 0 aliphatic heterocycles. The van der Waals surface area contributed by atoms with Crippen molar-refractivity contribution in [2.45, 2.75) is 117 Å². The van der Waals surface area contributed by atoms with Crippen LogP contribution in [0.2, 0.25) is 36.3 Å². The van der Waals surface area contributed by atoms with Gasteiger partial charge in [-0.05, 0) is 38.3 Å². The molecular weight excluding hydrogens is 375 g/mol. The highest BCUT2D eigenvalue weighted by Gasteiger charge is 2.54. The highest BCUT2D eigenvalue weighted by Crippen LogP contribution is 2.68. The molecule has 0 aliphatic carbocycles. The van der Waals surface area contributed by atoms with Gasteiger partial charge in [0, 0.05) is 0 Å². The molecule has 1 aromatic rings. The van der Waals surface area contributed by atoms with Gasteiger partial charge in [0.25, 0.3) is 0 Å². The summed E-state index contributed by atoms with van der Waals surface area (Å²) >= 11 is 0. The van der Waals surface area contributed by atoms with Gasteiger partial charge < -0.3 is 0 Å². The van der Waals surface area contributed by atoms with Crippen LogP contribution < -0.4 is 5.30 Å². The third kappa shape index (κ3) is 4.81. The molecule has 1 aromatic carbocycles. The summed E-state index contributed by atoms with van der Waals surface area (Å²) < 4.78 is 0. The molecule has 1 rings (SSSR count). The fourth-order valence-corrected chi connectivity index (χ4v) is 40.5. The predicted molar refractivity (Wildman–Crippen MR) is 136 cm³/mol. The van der Waals surface area contributed by atoms with Crippen molar-refractivity contribution in [1.82, 2.24) is 0 Å². The Balaban J connectivity index is 4.05. The molecule has 0 aliphatic rings. The van der Waals surface area contributed by atoms with E-state index >= 15 is 0 Å². The van der Waals surface area contributed by atoms with E-state index in [2.05, 4.69) is 114 Å². The second-order valence-corrected chi connectivity index (χ2v) is 33.1. The van der Waals surface area contributed by atoms with Gasteiger partial charge in [-0.1, -0.05) is 121 Å². The van der Waals surface area contributed by atoms with Gasteiger partial charge in [0.1, 0.15) is 0 Å². The average Bonchev–Trinajstić information content (AvgIpc) is 2.43. The zero-order chi connectivity index (χ0) is 21.6. The maximum absolute atomic E-state index is 2.71. The lowest BCUT2D eigenvalue weighted by molar-refractivity contribution is 0.730. The third-order valence-corrected chi connectivity index (χ3v) is 40.0. The van der Waals surface area contributed by atoms with E-state index in [0.29, 0.717) is 21.9 Å². The predicted octanol–water partition coefficient (Wildman–Crippen LogP) is 9.05. The molecule has 0 fully saturated rings. The van der Waals surface area contributed by atoms with E-state index in [1.165, 1.54) is 0 Å². The fraction of sp³-hybridized carbons (Fsp3) is 0.750. The van der Waals surface area contributed by atoms with Crippen LogP contribution in [0, 0.1) is 0 Å². The summed E-state index contributed by atoms with van der Waals surface area (Å²) in [4.78, 5) is 0. The summed E-state index contributed by atoms with van der Waals surface area (Å²) in [5, 5.41) is 2.63. The topological polar surface area (TPSA) is 0 Å².